The van der Waals surface area contributed by atoms with Crippen molar-refractivity contribution in [3.8, 4) is 0 Å². The highest BCUT2D eigenvalue weighted by Gasteiger charge is 2.34. The number of amides is 2. The molecule has 1 aliphatic rings. The third-order valence-electron chi connectivity index (χ3n) is 5.73. The third-order valence-corrected chi connectivity index (χ3v) is 7.62. The smallest absolute Gasteiger partial charge is 0.405 e. The Morgan fingerprint density at radius 1 is 1.06 bits per heavy atom. The number of hydrogen-bond donors (Lipinski definition) is 2. The van der Waals surface area contributed by atoms with E-state index in [0.717, 1.165) is 36.4 Å². The van der Waals surface area contributed by atoms with Crippen molar-refractivity contribution in [3.63, 3.8) is 0 Å². The lowest BCUT2D eigenvalue weighted by atomic mass is 9.87. The molecule has 0 aromatic heterocycles. The molecule has 12 heteroatoms. The number of rotatable bonds is 7. The molecule has 3 N–H and O–H groups in total. The van der Waals surface area contributed by atoms with E-state index in [4.69, 9.17) is 10.5 Å². The van der Waals surface area contributed by atoms with Crippen LogP contribution >= 0.6 is 0 Å². The lowest BCUT2D eigenvalue weighted by Gasteiger charge is -2.35. The zero-order valence-corrected chi connectivity index (χ0v) is 20.0. The van der Waals surface area contributed by atoms with Crippen LogP contribution in [0, 0.1) is 23.4 Å². The Hall–Kier alpha value is -3.12. The quantitative estimate of drug-likeness (QED) is 0.580. The van der Waals surface area contributed by atoms with E-state index in [-0.39, 0.29) is 29.6 Å². The van der Waals surface area contributed by atoms with Crippen LogP contribution in [0.1, 0.15) is 43.5 Å². The Kier molecular flexibility index (Phi) is 7.75. The number of ether oxygens (including phenoxy) is 1. The molecule has 0 atom stereocenters. The van der Waals surface area contributed by atoms with Gasteiger partial charge in [0.2, 0.25) is 10.0 Å². The number of carbonyl (C=O) groups is 2. The molecule has 8 nitrogen and oxygen atoms in total. The minimum atomic E-state index is -4.03. The Bertz CT molecular complexity index is 1230. The molecule has 2 amide bonds. The first-order valence-corrected chi connectivity index (χ1v) is 12.3. The number of nitrogens with one attached hydrogen (secondary N) is 1. The fourth-order valence-electron chi connectivity index (χ4n) is 4.12. The van der Waals surface area contributed by atoms with E-state index >= 15 is 0 Å². The van der Waals surface area contributed by atoms with Gasteiger partial charge in [-0.2, -0.15) is 4.31 Å². The fourth-order valence-corrected chi connectivity index (χ4v) is 5.62. The maximum absolute atomic E-state index is 14.3. The van der Waals surface area contributed by atoms with Crippen LogP contribution in [-0.4, -0.2) is 43.4 Å². The first kappa shape index (κ1) is 26.5. The Morgan fingerprint density at radius 3 is 2.29 bits per heavy atom. The van der Waals surface area contributed by atoms with E-state index in [1.54, 1.807) is 13.8 Å². The first-order chi connectivity index (χ1) is 16.3. The summed E-state index contributed by atoms with van der Waals surface area (Å²) < 4.78 is 73.5. The van der Waals surface area contributed by atoms with Crippen LogP contribution in [-0.2, 0) is 14.8 Å². The standard InChI is InChI=1S/C23H26F3N3O5S/c1-23(2,34-22(27)31)13-14-7-9-29(10-8-14)35(32,33)16-4-6-18(24)17(12-16)21(30)28-15-3-5-19(25)20(26)11-15/h3-6,11-12,14H,7-10,13H2,1-2H3,(H2,27,31)(H,28,30). The number of piperidine rings is 1. The van der Waals surface area contributed by atoms with Gasteiger partial charge in [-0.05, 0) is 69.4 Å². The molecule has 0 unspecified atom stereocenters. The first-order valence-electron chi connectivity index (χ1n) is 10.8. The summed E-state index contributed by atoms with van der Waals surface area (Å²) in [4.78, 5) is 23.3. The molecule has 2 aromatic rings. The monoisotopic (exact) mass is 513 g/mol. The lowest BCUT2D eigenvalue weighted by molar-refractivity contribution is 0.0205. The topological polar surface area (TPSA) is 119 Å². The van der Waals surface area contributed by atoms with Crippen molar-refractivity contribution in [2.45, 2.75) is 43.6 Å². The highest BCUT2D eigenvalue weighted by molar-refractivity contribution is 7.89. The van der Waals surface area contributed by atoms with Gasteiger partial charge in [-0.3, -0.25) is 4.79 Å². The molecule has 190 valence electrons. The molecule has 1 saturated heterocycles. The Labute approximate surface area is 201 Å². The van der Waals surface area contributed by atoms with Gasteiger partial charge in [-0.1, -0.05) is 0 Å². The number of primary amides is 1. The van der Waals surface area contributed by atoms with Gasteiger partial charge in [-0.25, -0.2) is 26.4 Å². The second-order valence-electron chi connectivity index (χ2n) is 8.96. The molecule has 1 heterocycles. The second kappa shape index (κ2) is 10.2. The van der Waals surface area contributed by atoms with E-state index in [1.807, 2.05) is 0 Å². The zero-order chi connectivity index (χ0) is 26.0. The normalized spacial score (nSPS) is 15.6. The van der Waals surface area contributed by atoms with Crippen LogP contribution in [0.4, 0.5) is 23.7 Å². The molecule has 1 aliphatic heterocycles. The number of nitrogens with zero attached hydrogens (tertiary/aromatic N) is 1. The van der Waals surface area contributed by atoms with Crippen molar-refractivity contribution in [2.24, 2.45) is 11.7 Å². The van der Waals surface area contributed by atoms with E-state index in [2.05, 4.69) is 5.32 Å². The number of anilines is 1. The molecule has 1 fully saturated rings. The number of benzene rings is 2. The highest BCUT2D eigenvalue weighted by atomic mass is 32.2. The van der Waals surface area contributed by atoms with Gasteiger partial charge < -0.3 is 15.8 Å². The van der Waals surface area contributed by atoms with Gasteiger partial charge in [-0.15, -0.1) is 0 Å². The number of carbonyl (C=O) groups excluding carboxylic acids is 2. The molecule has 0 aliphatic carbocycles. The molecule has 0 radical (unpaired) electrons. The summed E-state index contributed by atoms with van der Waals surface area (Å²) in [7, 11) is -4.03. The average Bonchev–Trinajstić information content (AvgIpc) is 2.75. The molecule has 35 heavy (non-hydrogen) atoms. The summed E-state index contributed by atoms with van der Waals surface area (Å²) in [5.41, 5.74) is 3.63. The number of hydrogen-bond acceptors (Lipinski definition) is 5. The van der Waals surface area contributed by atoms with Gasteiger partial charge in [0.25, 0.3) is 5.91 Å². The number of sulfonamides is 1. The number of nitrogens with two attached hydrogens (primary N) is 1. The summed E-state index contributed by atoms with van der Waals surface area (Å²) >= 11 is 0. The third kappa shape index (κ3) is 6.51. The minimum absolute atomic E-state index is 0.0986. The number of halogens is 3. The molecule has 0 saturated carbocycles. The van der Waals surface area contributed by atoms with Crippen LogP contribution in [0.3, 0.4) is 0 Å². The Balaban J connectivity index is 1.72. The van der Waals surface area contributed by atoms with E-state index in [9.17, 15) is 31.2 Å². The SMILES string of the molecule is CC(C)(CC1CCN(S(=O)(=O)c2ccc(F)c(C(=O)Nc3ccc(F)c(F)c3)c2)CC1)OC(N)=O. The molecule has 2 aromatic carbocycles. The maximum Gasteiger partial charge on any atom is 0.405 e. The second-order valence-corrected chi connectivity index (χ2v) is 10.9. The highest BCUT2D eigenvalue weighted by Crippen LogP contribution is 2.31. The maximum atomic E-state index is 14.3. The summed E-state index contributed by atoms with van der Waals surface area (Å²) in [6, 6.07) is 5.46. The molecular weight excluding hydrogens is 487 g/mol. The van der Waals surface area contributed by atoms with Crippen molar-refractivity contribution >= 4 is 27.7 Å². The molecule has 3 rings (SSSR count). The lowest BCUT2D eigenvalue weighted by Crippen LogP contribution is -2.41. The fraction of sp³-hybridized carbons (Fsp3) is 0.391. The minimum Gasteiger partial charge on any atom is -0.444 e. The van der Waals surface area contributed by atoms with Gasteiger partial charge >= 0.3 is 6.09 Å². The van der Waals surface area contributed by atoms with Crippen LogP contribution in [0.5, 0.6) is 0 Å². The summed E-state index contributed by atoms with van der Waals surface area (Å²) in [6.45, 7) is 3.83. The molecule has 0 spiro atoms. The van der Waals surface area contributed by atoms with Gasteiger partial charge in [0.1, 0.15) is 11.4 Å². The molecule has 0 bridgehead atoms. The zero-order valence-electron chi connectivity index (χ0n) is 19.2. The van der Waals surface area contributed by atoms with Crippen molar-refractivity contribution in [1.82, 2.24) is 4.31 Å². The van der Waals surface area contributed by atoms with Crippen LogP contribution in [0.15, 0.2) is 41.3 Å². The van der Waals surface area contributed by atoms with Crippen molar-refractivity contribution in [3.05, 3.63) is 59.4 Å². The van der Waals surface area contributed by atoms with Crippen LogP contribution in [0.25, 0.3) is 0 Å². The predicted molar refractivity (Wildman–Crippen MR) is 122 cm³/mol. The van der Waals surface area contributed by atoms with E-state index in [0.29, 0.717) is 19.3 Å². The Morgan fingerprint density at radius 2 is 1.69 bits per heavy atom. The van der Waals surface area contributed by atoms with Gasteiger partial charge in [0.05, 0.1) is 10.5 Å². The summed E-state index contributed by atoms with van der Waals surface area (Å²) in [6.07, 6.45) is 0.648. The van der Waals surface area contributed by atoms with Crippen molar-refractivity contribution in [1.29, 1.82) is 0 Å². The van der Waals surface area contributed by atoms with Crippen LogP contribution < -0.4 is 11.1 Å². The van der Waals surface area contributed by atoms with Crippen molar-refractivity contribution in [2.75, 3.05) is 18.4 Å². The van der Waals surface area contributed by atoms with Crippen molar-refractivity contribution < 1.29 is 35.9 Å². The summed E-state index contributed by atoms with van der Waals surface area (Å²) in [5.74, 6) is -4.20. The van der Waals surface area contributed by atoms with Crippen LogP contribution in [0.2, 0.25) is 0 Å². The van der Waals surface area contributed by atoms with Gasteiger partial charge in [0, 0.05) is 24.8 Å². The molecular formula is C23H26F3N3O5S. The van der Waals surface area contributed by atoms with E-state index < -0.39 is 50.6 Å². The average molecular weight is 514 g/mol. The summed E-state index contributed by atoms with van der Waals surface area (Å²) in [5, 5.41) is 2.23. The largest absolute Gasteiger partial charge is 0.444 e. The predicted octanol–water partition coefficient (Wildman–Crippen LogP) is 4.02. The van der Waals surface area contributed by atoms with Gasteiger partial charge in [0.15, 0.2) is 11.6 Å². The van der Waals surface area contributed by atoms with E-state index in [1.165, 1.54) is 4.31 Å².